The second-order valence-electron chi connectivity index (χ2n) is 4.38. The molecule has 0 aliphatic rings. The molecule has 0 saturated heterocycles. The van der Waals surface area contributed by atoms with Crippen LogP contribution in [0.3, 0.4) is 0 Å². The number of aromatic nitrogens is 1. The Morgan fingerprint density at radius 2 is 2.17 bits per heavy atom. The minimum absolute atomic E-state index is 0.0357. The predicted molar refractivity (Wildman–Crippen MR) is 73.5 cm³/mol. The van der Waals surface area contributed by atoms with Crippen LogP contribution in [0.2, 0.25) is 0 Å². The molecule has 1 atom stereocenters. The van der Waals surface area contributed by atoms with Crippen molar-refractivity contribution in [3.63, 3.8) is 0 Å². The lowest BCUT2D eigenvalue weighted by molar-refractivity contribution is 0.526. The number of thiazole rings is 1. The molecule has 0 radical (unpaired) electrons. The second kappa shape index (κ2) is 5.59. The summed E-state index contributed by atoms with van der Waals surface area (Å²) in [5, 5.41) is 6.25. The molecule has 0 aliphatic heterocycles. The average Bonchev–Trinajstić information content (AvgIpc) is 2.76. The van der Waals surface area contributed by atoms with Gasteiger partial charge in [-0.3, -0.25) is 0 Å². The normalized spacial score (nSPS) is 12.7. The zero-order chi connectivity index (χ0) is 13.1. The van der Waals surface area contributed by atoms with Crippen LogP contribution in [0.25, 0.3) is 0 Å². The molecule has 1 aromatic carbocycles. The van der Waals surface area contributed by atoms with E-state index in [1.165, 1.54) is 0 Å². The zero-order valence-corrected chi connectivity index (χ0v) is 11.6. The van der Waals surface area contributed by atoms with E-state index in [4.69, 9.17) is 0 Å². The number of halogens is 1. The first-order valence-corrected chi connectivity index (χ1v) is 6.83. The lowest BCUT2D eigenvalue weighted by Crippen LogP contribution is -2.20. The summed E-state index contributed by atoms with van der Waals surface area (Å²) in [5.74, 6) is -0.121. The van der Waals surface area contributed by atoms with Gasteiger partial charge in [-0.2, -0.15) is 0 Å². The summed E-state index contributed by atoms with van der Waals surface area (Å²) in [5.41, 5.74) is 2.41. The van der Waals surface area contributed by atoms with Crippen LogP contribution in [0.1, 0.15) is 27.9 Å². The smallest absolute Gasteiger partial charge is 0.130 e. The summed E-state index contributed by atoms with van der Waals surface area (Å²) in [4.78, 5) is 4.43. The number of nitrogens with one attached hydrogen (secondary N) is 1. The molecule has 96 valence electrons. The van der Waals surface area contributed by atoms with E-state index in [1.807, 2.05) is 31.5 Å². The fourth-order valence-corrected chi connectivity index (χ4v) is 2.64. The molecular weight excluding hydrogens is 247 g/mol. The lowest BCUT2D eigenvalue weighted by Gasteiger charge is -2.17. The largest absolute Gasteiger partial charge is 0.313 e. The van der Waals surface area contributed by atoms with Crippen molar-refractivity contribution in [1.82, 2.24) is 10.3 Å². The van der Waals surface area contributed by atoms with E-state index in [1.54, 1.807) is 24.3 Å². The molecule has 1 unspecified atom stereocenters. The maximum atomic E-state index is 14.1. The molecular formula is C14H17FN2S. The number of hydrogen-bond acceptors (Lipinski definition) is 3. The molecule has 4 heteroatoms. The third-order valence-electron chi connectivity index (χ3n) is 3.03. The fraction of sp³-hybridized carbons (Fsp3) is 0.357. The third kappa shape index (κ3) is 2.76. The Hall–Kier alpha value is -1.26. The lowest BCUT2D eigenvalue weighted by atomic mass is 10.00. The van der Waals surface area contributed by atoms with Crippen molar-refractivity contribution in [2.24, 2.45) is 0 Å². The number of likely N-dealkylation sites (N-methyl/N-ethyl adjacent to an activating group) is 1. The Labute approximate surface area is 111 Å². The highest BCUT2D eigenvalue weighted by atomic mass is 32.1. The van der Waals surface area contributed by atoms with Gasteiger partial charge in [0.2, 0.25) is 0 Å². The van der Waals surface area contributed by atoms with E-state index < -0.39 is 0 Å². The first-order chi connectivity index (χ1) is 8.61. The molecule has 0 amide bonds. The van der Waals surface area contributed by atoms with Gasteiger partial charge in [0, 0.05) is 23.4 Å². The zero-order valence-electron chi connectivity index (χ0n) is 10.8. The Morgan fingerprint density at radius 3 is 2.78 bits per heavy atom. The summed E-state index contributed by atoms with van der Waals surface area (Å²) in [6.45, 7) is 3.77. The van der Waals surface area contributed by atoms with E-state index in [2.05, 4.69) is 10.3 Å². The molecule has 1 heterocycles. The molecule has 0 saturated carbocycles. The molecule has 0 fully saturated rings. The van der Waals surface area contributed by atoms with E-state index in [0.717, 1.165) is 10.7 Å². The first kappa shape index (κ1) is 13.2. The minimum Gasteiger partial charge on any atom is -0.313 e. The molecule has 0 spiro atoms. The van der Waals surface area contributed by atoms with Gasteiger partial charge >= 0.3 is 0 Å². The van der Waals surface area contributed by atoms with Crippen LogP contribution in [-0.4, -0.2) is 12.0 Å². The Balaban J connectivity index is 2.25. The standard InChI is InChI=1S/C14H17FN2S/c1-9-5-4-6-12(14(9)15)13(16-3)7-11-8-18-10(2)17-11/h4-6,8,13,16H,7H2,1-3H3. The van der Waals surface area contributed by atoms with Crippen LogP contribution < -0.4 is 5.32 Å². The van der Waals surface area contributed by atoms with Gasteiger partial charge in [0.05, 0.1) is 10.7 Å². The Morgan fingerprint density at radius 1 is 1.39 bits per heavy atom. The molecule has 0 aliphatic carbocycles. The highest BCUT2D eigenvalue weighted by Gasteiger charge is 2.16. The van der Waals surface area contributed by atoms with Crippen molar-refractivity contribution in [3.05, 3.63) is 51.2 Å². The molecule has 1 N–H and O–H groups in total. The Bertz CT molecular complexity index is 536. The van der Waals surface area contributed by atoms with E-state index >= 15 is 0 Å². The molecule has 2 aromatic rings. The van der Waals surface area contributed by atoms with E-state index in [-0.39, 0.29) is 11.9 Å². The summed E-state index contributed by atoms with van der Waals surface area (Å²) < 4.78 is 14.1. The molecule has 1 aromatic heterocycles. The summed E-state index contributed by atoms with van der Waals surface area (Å²) in [7, 11) is 1.85. The van der Waals surface area contributed by atoms with Crippen molar-refractivity contribution < 1.29 is 4.39 Å². The third-order valence-corrected chi connectivity index (χ3v) is 3.85. The van der Waals surface area contributed by atoms with Gasteiger partial charge in [-0.05, 0) is 26.5 Å². The van der Waals surface area contributed by atoms with Gasteiger partial charge < -0.3 is 5.32 Å². The number of benzene rings is 1. The van der Waals surface area contributed by atoms with Crippen LogP contribution in [0.15, 0.2) is 23.6 Å². The number of nitrogens with zero attached hydrogens (tertiary/aromatic N) is 1. The van der Waals surface area contributed by atoms with Gasteiger partial charge in [-0.25, -0.2) is 9.37 Å². The SMILES string of the molecule is CNC(Cc1csc(C)n1)c1cccc(C)c1F. The van der Waals surface area contributed by atoms with Gasteiger partial charge in [0.25, 0.3) is 0 Å². The van der Waals surface area contributed by atoms with Gasteiger partial charge in [-0.1, -0.05) is 18.2 Å². The highest BCUT2D eigenvalue weighted by molar-refractivity contribution is 7.09. The molecule has 2 nitrogen and oxygen atoms in total. The predicted octanol–water partition coefficient (Wildman–Crippen LogP) is 3.40. The molecule has 0 bridgehead atoms. The van der Waals surface area contributed by atoms with Crippen LogP contribution in [0.4, 0.5) is 4.39 Å². The maximum absolute atomic E-state index is 14.1. The number of hydrogen-bond donors (Lipinski definition) is 1. The summed E-state index contributed by atoms with van der Waals surface area (Å²) >= 11 is 1.63. The molecule has 18 heavy (non-hydrogen) atoms. The molecule has 2 rings (SSSR count). The van der Waals surface area contributed by atoms with Gasteiger partial charge in [-0.15, -0.1) is 11.3 Å². The van der Waals surface area contributed by atoms with E-state index in [9.17, 15) is 4.39 Å². The highest BCUT2D eigenvalue weighted by Crippen LogP contribution is 2.23. The number of rotatable bonds is 4. The van der Waals surface area contributed by atoms with Crippen molar-refractivity contribution in [3.8, 4) is 0 Å². The van der Waals surface area contributed by atoms with Crippen molar-refractivity contribution in [1.29, 1.82) is 0 Å². The fourth-order valence-electron chi connectivity index (χ4n) is 2.02. The first-order valence-electron chi connectivity index (χ1n) is 5.95. The monoisotopic (exact) mass is 264 g/mol. The van der Waals surface area contributed by atoms with Crippen LogP contribution >= 0.6 is 11.3 Å². The maximum Gasteiger partial charge on any atom is 0.130 e. The van der Waals surface area contributed by atoms with Crippen molar-refractivity contribution in [2.75, 3.05) is 7.05 Å². The quantitative estimate of drug-likeness (QED) is 0.915. The average molecular weight is 264 g/mol. The van der Waals surface area contributed by atoms with Crippen molar-refractivity contribution >= 4 is 11.3 Å². The van der Waals surface area contributed by atoms with Gasteiger partial charge in [0.15, 0.2) is 0 Å². The van der Waals surface area contributed by atoms with E-state index in [0.29, 0.717) is 17.5 Å². The summed E-state index contributed by atoms with van der Waals surface area (Å²) in [6.07, 6.45) is 0.710. The minimum atomic E-state index is -0.121. The van der Waals surface area contributed by atoms with Gasteiger partial charge in [0.1, 0.15) is 5.82 Å². The van der Waals surface area contributed by atoms with Crippen molar-refractivity contribution in [2.45, 2.75) is 26.3 Å². The van der Waals surface area contributed by atoms with Crippen LogP contribution in [-0.2, 0) is 6.42 Å². The summed E-state index contributed by atoms with van der Waals surface area (Å²) in [6, 6.07) is 5.48. The Kier molecular flexibility index (Phi) is 4.09. The topological polar surface area (TPSA) is 24.9 Å². The number of aryl methyl sites for hydroxylation is 2. The van der Waals surface area contributed by atoms with Crippen LogP contribution in [0, 0.1) is 19.7 Å². The van der Waals surface area contributed by atoms with Crippen LogP contribution in [0.5, 0.6) is 0 Å². The second-order valence-corrected chi connectivity index (χ2v) is 5.44.